The van der Waals surface area contributed by atoms with Crippen LogP contribution >= 0.6 is 0 Å². The molecule has 0 radical (unpaired) electrons. The van der Waals surface area contributed by atoms with Crippen molar-refractivity contribution in [1.82, 2.24) is 10.1 Å². The van der Waals surface area contributed by atoms with Crippen molar-refractivity contribution in [2.24, 2.45) is 0 Å². The van der Waals surface area contributed by atoms with E-state index in [4.69, 9.17) is 4.52 Å². The lowest BCUT2D eigenvalue weighted by Gasteiger charge is -1.96. The highest BCUT2D eigenvalue weighted by atomic mass is 19.1. The number of nitrogens with zero attached hydrogens (tertiary/aromatic N) is 2. The van der Waals surface area contributed by atoms with Crippen molar-refractivity contribution < 1.29 is 8.91 Å². The summed E-state index contributed by atoms with van der Waals surface area (Å²) in [5.41, 5.74) is 1.98. The molecular formula is C16H13FN2O. The van der Waals surface area contributed by atoms with Crippen molar-refractivity contribution in [3.63, 3.8) is 0 Å². The second-order valence-electron chi connectivity index (χ2n) is 4.50. The van der Waals surface area contributed by atoms with Gasteiger partial charge in [-0.15, -0.1) is 0 Å². The van der Waals surface area contributed by atoms with Gasteiger partial charge in [0.15, 0.2) is 0 Å². The van der Waals surface area contributed by atoms with E-state index >= 15 is 0 Å². The number of aromatic nitrogens is 2. The lowest BCUT2D eigenvalue weighted by Crippen LogP contribution is -1.91. The summed E-state index contributed by atoms with van der Waals surface area (Å²) in [5.74, 6) is 0.808. The van der Waals surface area contributed by atoms with E-state index in [-0.39, 0.29) is 5.82 Å². The zero-order chi connectivity index (χ0) is 13.8. The van der Waals surface area contributed by atoms with Gasteiger partial charge in [-0.2, -0.15) is 4.98 Å². The summed E-state index contributed by atoms with van der Waals surface area (Å²) in [6, 6.07) is 16.2. The molecule has 4 heteroatoms. The minimum atomic E-state index is -0.276. The normalized spacial score (nSPS) is 10.7. The summed E-state index contributed by atoms with van der Waals surface area (Å²) >= 11 is 0. The SMILES string of the molecule is Fc1ccc(-c2noc(CCc3ccccc3)n2)cc1. The van der Waals surface area contributed by atoms with Gasteiger partial charge in [0.2, 0.25) is 11.7 Å². The molecule has 0 saturated carbocycles. The summed E-state index contributed by atoms with van der Waals surface area (Å²) in [5, 5.41) is 3.92. The average molecular weight is 268 g/mol. The Kier molecular flexibility index (Phi) is 3.54. The molecule has 3 rings (SSSR count). The van der Waals surface area contributed by atoms with Crippen LogP contribution in [0.25, 0.3) is 11.4 Å². The molecule has 0 fully saturated rings. The van der Waals surface area contributed by atoms with E-state index in [0.29, 0.717) is 18.1 Å². The van der Waals surface area contributed by atoms with Crippen molar-refractivity contribution in [3.05, 3.63) is 71.9 Å². The number of rotatable bonds is 4. The van der Waals surface area contributed by atoms with Crippen molar-refractivity contribution in [1.29, 1.82) is 0 Å². The van der Waals surface area contributed by atoms with Gasteiger partial charge in [-0.05, 0) is 36.2 Å². The van der Waals surface area contributed by atoms with Gasteiger partial charge in [-0.1, -0.05) is 35.5 Å². The molecule has 0 spiro atoms. The molecule has 100 valence electrons. The van der Waals surface area contributed by atoms with Gasteiger partial charge in [0.1, 0.15) is 5.82 Å². The summed E-state index contributed by atoms with van der Waals surface area (Å²) in [6.07, 6.45) is 1.55. The molecule has 0 aliphatic heterocycles. The molecule has 20 heavy (non-hydrogen) atoms. The molecule has 3 nitrogen and oxygen atoms in total. The van der Waals surface area contributed by atoms with Crippen LogP contribution in [0.15, 0.2) is 59.1 Å². The number of benzene rings is 2. The molecule has 0 unspecified atom stereocenters. The summed E-state index contributed by atoms with van der Waals surface area (Å²) in [7, 11) is 0. The van der Waals surface area contributed by atoms with Gasteiger partial charge < -0.3 is 4.52 Å². The largest absolute Gasteiger partial charge is 0.339 e. The van der Waals surface area contributed by atoms with Crippen molar-refractivity contribution >= 4 is 0 Å². The van der Waals surface area contributed by atoms with Crippen LogP contribution in [0, 0.1) is 5.82 Å². The zero-order valence-corrected chi connectivity index (χ0v) is 10.8. The van der Waals surface area contributed by atoms with Gasteiger partial charge in [0, 0.05) is 12.0 Å². The highest BCUT2D eigenvalue weighted by Gasteiger charge is 2.08. The van der Waals surface area contributed by atoms with Gasteiger partial charge in [-0.25, -0.2) is 4.39 Å². The van der Waals surface area contributed by atoms with Crippen LogP contribution in [0.5, 0.6) is 0 Å². The standard InChI is InChI=1S/C16H13FN2O/c17-14-9-7-13(8-10-14)16-18-15(20-19-16)11-6-12-4-2-1-3-5-12/h1-5,7-10H,6,11H2. The van der Waals surface area contributed by atoms with Crippen molar-refractivity contribution in [3.8, 4) is 11.4 Å². The van der Waals surface area contributed by atoms with Crippen molar-refractivity contribution in [2.45, 2.75) is 12.8 Å². The van der Waals surface area contributed by atoms with Gasteiger partial charge in [-0.3, -0.25) is 0 Å². The predicted octanol–water partition coefficient (Wildman–Crippen LogP) is 3.66. The third-order valence-corrected chi connectivity index (χ3v) is 3.04. The first-order chi connectivity index (χ1) is 9.81. The molecule has 0 bridgehead atoms. The molecule has 2 aromatic carbocycles. The van der Waals surface area contributed by atoms with Crippen LogP contribution < -0.4 is 0 Å². The maximum atomic E-state index is 12.9. The summed E-state index contributed by atoms with van der Waals surface area (Å²) in [6.45, 7) is 0. The van der Waals surface area contributed by atoms with E-state index in [1.54, 1.807) is 12.1 Å². The first-order valence-electron chi connectivity index (χ1n) is 6.44. The molecule has 0 saturated heterocycles. The lowest BCUT2D eigenvalue weighted by atomic mass is 10.1. The number of halogens is 1. The Hall–Kier alpha value is -2.49. The molecule has 1 aromatic heterocycles. The Morgan fingerprint density at radius 1 is 0.900 bits per heavy atom. The van der Waals surface area contributed by atoms with Gasteiger partial charge in [0.25, 0.3) is 0 Å². The predicted molar refractivity (Wildman–Crippen MR) is 73.5 cm³/mol. The quantitative estimate of drug-likeness (QED) is 0.724. The van der Waals surface area contributed by atoms with Crippen LogP contribution in [0.2, 0.25) is 0 Å². The Balaban J connectivity index is 1.69. The fraction of sp³-hybridized carbons (Fsp3) is 0.125. The highest BCUT2D eigenvalue weighted by Crippen LogP contribution is 2.16. The van der Waals surface area contributed by atoms with Crippen LogP contribution in [0.1, 0.15) is 11.5 Å². The Labute approximate surface area is 116 Å². The fourth-order valence-electron chi connectivity index (χ4n) is 1.97. The van der Waals surface area contributed by atoms with E-state index in [9.17, 15) is 4.39 Å². The van der Waals surface area contributed by atoms with Crippen molar-refractivity contribution in [2.75, 3.05) is 0 Å². The molecule has 0 N–H and O–H groups in total. The van der Waals surface area contributed by atoms with Crippen LogP contribution in [-0.2, 0) is 12.8 Å². The third-order valence-electron chi connectivity index (χ3n) is 3.04. The topological polar surface area (TPSA) is 38.9 Å². The minimum absolute atomic E-state index is 0.276. The molecule has 0 aliphatic carbocycles. The van der Waals surface area contributed by atoms with E-state index < -0.39 is 0 Å². The van der Waals surface area contributed by atoms with E-state index in [1.165, 1.54) is 17.7 Å². The first-order valence-corrected chi connectivity index (χ1v) is 6.44. The molecule has 0 aliphatic rings. The first kappa shape index (κ1) is 12.5. The third kappa shape index (κ3) is 2.91. The molecule has 0 atom stereocenters. The van der Waals surface area contributed by atoms with Crippen LogP contribution in [-0.4, -0.2) is 10.1 Å². The van der Waals surface area contributed by atoms with Crippen LogP contribution in [0.3, 0.4) is 0 Å². The fourth-order valence-corrected chi connectivity index (χ4v) is 1.97. The maximum absolute atomic E-state index is 12.9. The van der Waals surface area contributed by atoms with E-state index in [1.807, 2.05) is 18.2 Å². The van der Waals surface area contributed by atoms with Gasteiger partial charge >= 0.3 is 0 Å². The Morgan fingerprint density at radius 3 is 2.40 bits per heavy atom. The smallest absolute Gasteiger partial charge is 0.227 e. The maximum Gasteiger partial charge on any atom is 0.227 e. The highest BCUT2D eigenvalue weighted by molar-refractivity contribution is 5.53. The molecular weight excluding hydrogens is 255 g/mol. The second-order valence-corrected chi connectivity index (χ2v) is 4.50. The number of hydrogen-bond donors (Lipinski definition) is 0. The second kappa shape index (κ2) is 5.65. The number of aryl methyl sites for hydroxylation is 2. The minimum Gasteiger partial charge on any atom is -0.339 e. The Morgan fingerprint density at radius 2 is 1.65 bits per heavy atom. The lowest BCUT2D eigenvalue weighted by molar-refractivity contribution is 0.379. The summed E-state index contributed by atoms with van der Waals surface area (Å²) in [4.78, 5) is 4.33. The molecule has 3 aromatic rings. The van der Waals surface area contributed by atoms with Crippen LogP contribution in [0.4, 0.5) is 4.39 Å². The Bertz CT molecular complexity index is 677. The van der Waals surface area contributed by atoms with E-state index in [0.717, 1.165) is 12.0 Å². The summed E-state index contributed by atoms with van der Waals surface area (Å²) < 4.78 is 18.1. The average Bonchev–Trinajstić information content (AvgIpc) is 2.96. The molecule has 1 heterocycles. The van der Waals surface area contributed by atoms with E-state index in [2.05, 4.69) is 22.3 Å². The van der Waals surface area contributed by atoms with Gasteiger partial charge in [0.05, 0.1) is 0 Å². The number of hydrogen-bond acceptors (Lipinski definition) is 3. The monoisotopic (exact) mass is 268 g/mol. The zero-order valence-electron chi connectivity index (χ0n) is 10.8. The molecule has 0 amide bonds.